The van der Waals surface area contributed by atoms with Crippen LogP contribution in [0.5, 0.6) is 0 Å². The van der Waals surface area contributed by atoms with Crippen LogP contribution in [0.3, 0.4) is 0 Å². The highest BCUT2D eigenvalue weighted by Gasteiger charge is 2.35. The van der Waals surface area contributed by atoms with Crippen molar-refractivity contribution < 1.29 is 14.3 Å². The number of hydrogen-bond acceptors (Lipinski definition) is 4. The van der Waals surface area contributed by atoms with Crippen LogP contribution in [0.15, 0.2) is 12.3 Å². The van der Waals surface area contributed by atoms with Gasteiger partial charge in [-0.05, 0) is 18.9 Å². The molecule has 1 atom stereocenters. The number of aromatic nitrogens is 2. The second kappa shape index (κ2) is 6.55. The maximum atomic E-state index is 12.6. The van der Waals surface area contributed by atoms with E-state index >= 15 is 0 Å². The molecule has 2 amide bonds. The molecule has 0 radical (unpaired) electrons. The summed E-state index contributed by atoms with van der Waals surface area (Å²) in [4.78, 5) is 29.0. The first-order chi connectivity index (χ1) is 11.7. The first-order valence-electron chi connectivity index (χ1n) is 8.89. The molecule has 7 heteroatoms. The molecule has 2 fully saturated rings. The highest BCUT2D eigenvalue weighted by atomic mass is 16.5. The maximum absolute atomic E-state index is 12.6. The van der Waals surface area contributed by atoms with Crippen LogP contribution in [0.2, 0.25) is 0 Å². The van der Waals surface area contributed by atoms with E-state index in [4.69, 9.17) is 4.74 Å². The molecule has 2 aliphatic heterocycles. The maximum Gasteiger partial charge on any atom is 0.226 e. The second-order valence-electron chi connectivity index (χ2n) is 6.96. The fraction of sp³-hybridized carbons (Fsp3) is 0.706. The Hall–Kier alpha value is -1.89. The third-order valence-corrected chi connectivity index (χ3v) is 5.42. The normalized spacial score (nSPS) is 24.4. The van der Waals surface area contributed by atoms with Gasteiger partial charge in [-0.2, -0.15) is 5.10 Å². The van der Waals surface area contributed by atoms with Crippen molar-refractivity contribution in [2.45, 2.75) is 38.3 Å². The summed E-state index contributed by atoms with van der Waals surface area (Å²) in [6.45, 7) is 3.72. The van der Waals surface area contributed by atoms with Gasteiger partial charge in [0.2, 0.25) is 11.8 Å². The van der Waals surface area contributed by atoms with Crippen LogP contribution in [-0.4, -0.2) is 64.2 Å². The lowest BCUT2D eigenvalue weighted by Crippen LogP contribution is -2.47. The van der Waals surface area contributed by atoms with E-state index in [-0.39, 0.29) is 23.8 Å². The fourth-order valence-corrected chi connectivity index (χ4v) is 3.76. The molecule has 0 bridgehead atoms. The Bertz CT molecular complexity index is 619. The average Bonchev–Trinajstić information content (AvgIpc) is 3.02. The third kappa shape index (κ3) is 2.92. The van der Waals surface area contributed by atoms with Gasteiger partial charge in [-0.3, -0.25) is 14.3 Å². The molecule has 0 aromatic carbocycles. The van der Waals surface area contributed by atoms with Crippen LogP contribution >= 0.6 is 0 Å². The second-order valence-corrected chi connectivity index (χ2v) is 6.96. The quantitative estimate of drug-likeness (QED) is 0.822. The Labute approximate surface area is 141 Å². The van der Waals surface area contributed by atoms with Crippen LogP contribution in [0.25, 0.3) is 0 Å². The zero-order chi connectivity index (χ0) is 16.5. The molecule has 1 aromatic heterocycles. The van der Waals surface area contributed by atoms with Crippen LogP contribution in [0.4, 0.5) is 0 Å². The van der Waals surface area contributed by atoms with Gasteiger partial charge in [0.1, 0.15) is 0 Å². The molecule has 1 saturated heterocycles. The molecule has 0 spiro atoms. The number of fused-ring (bicyclic) bond motifs is 1. The number of carbonyl (C=O) groups is 2. The molecular weight excluding hydrogens is 308 g/mol. The number of carbonyl (C=O) groups excluding carboxylic acids is 2. The van der Waals surface area contributed by atoms with Gasteiger partial charge in [0, 0.05) is 31.7 Å². The number of amides is 2. The largest absolute Gasteiger partial charge is 0.378 e. The van der Waals surface area contributed by atoms with E-state index in [2.05, 4.69) is 5.10 Å². The van der Waals surface area contributed by atoms with Crippen molar-refractivity contribution in [1.82, 2.24) is 19.6 Å². The molecule has 0 unspecified atom stereocenters. The Balaban J connectivity index is 1.46. The highest BCUT2D eigenvalue weighted by molar-refractivity contribution is 5.80. The predicted molar refractivity (Wildman–Crippen MR) is 86.0 cm³/mol. The van der Waals surface area contributed by atoms with Crippen molar-refractivity contribution in [3.05, 3.63) is 18.0 Å². The van der Waals surface area contributed by atoms with E-state index in [1.54, 1.807) is 6.20 Å². The van der Waals surface area contributed by atoms with Gasteiger partial charge in [-0.1, -0.05) is 6.42 Å². The van der Waals surface area contributed by atoms with Crippen molar-refractivity contribution in [2.75, 3.05) is 32.8 Å². The van der Waals surface area contributed by atoms with Gasteiger partial charge >= 0.3 is 0 Å². The van der Waals surface area contributed by atoms with Crippen LogP contribution in [0.1, 0.15) is 37.4 Å². The van der Waals surface area contributed by atoms with Crippen molar-refractivity contribution in [1.29, 1.82) is 0 Å². The Morgan fingerprint density at radius 3 is 2.71 bits per heavy atom. The third-order valence-electron chi connectivity index (χ3n) is 5.42. The molecule has 3 heterocycles. The van der Waals surface area contributed by atoms with Crippen LogP contribution < -0.4 is 0 Å². The van der Waals surface area contributed by atoms with Gasteiger partial charge in [0.15, 0.2) is 0 Å². The summed E-state index contributed by atoms with van der Waals surface area (Å²) in [5, 5.41) is 4.39. The van der Waals surface area contributed by atoms with Gasteiger partial charge in [0.05, 0.1) is 37.9 Å². The summed E-state index contributed by atoms with van der Waals surface area (Å²) in [5.74, 6) is 0.565. The molecule has 1 saturated carbocycles. The van der Waals surface area contributed by atoms with E-state index in [1.165, 1.54) is 0 Å². The molecule has 24 heavy (non-hydrogen) atoms. The highest BCUT2D eigenvalue weighted by Crippen LogP contribution is 2.31. The van der Waals surface area contributed by atoms with Crippen molar-refractivity contribution in [3.8, 4) is 0 Å². The van der Waals surface area contributed by atoms with E-state index in [9.17, 15) is 9.59 Å². The summed E-state index contributed by atoms with van der Waals surface area (Å²) in [6.07, 6.45) is 5.32. The zero-order valence-electron chi connectivity index (χ0n) is 13.9. The number of morpholine rings is 1. The van der Waals surface area contributed by atoms with E-state index in [0.29, 0.717) is 45.8 Å². The minimum Gasteiger partial charge on any atom is -0.378 e. The number of hydrogen-bond donors (Lipinski definition) is 0. The summed E-state index contributed by atoms with van der Waals surface area (Å²) in [5.41, 5.74) is 1.02. The summed E-state index contributed by atoms with van der Waals surface area (Å²) >= 11 is 0. The molecular formula is C17H24N4O3. The molecule has 1 aliphatic carbocycles. The van der Waals surface area contributed by atoms with Crippen LogP contribution in [0, 0.1) is 5.92 Å². The lowest BCUT2D eigenvalue weighted by atomic mass is 9.84. The van der Waals surface area contributed by atoms with E-state index in [1.807, 2.05) is 20.5 Å². The van der Waals surface area contributed by atoms with Gasteiger partial charge < -0.3 is 14.5 Å². The average molecular weight is 332 g/mol. The standard InChI is InChI=1S/C17H24N4O3/c22-16(19-6-8-24-9-7-19)10-15-12-20(17(23)13-2-1-3-13)11-14-4-5-18-21(14)15/h4-5,13,15H,1-3,6-12H2/t15-/m1/s1. The predicted octanol–water partition coefficient (Wildman–Crippen LogP) is 0.815. The topological polar surface area (TPSA) is 67.7 Å². The molecule has 3 aliphatic rings. The minimum atomic E-state index is -0.0666. The van der Waals surface area contributed by atoms with E-state index < -0.39 is 0 Å². The lowest BCUT2D eigenvalue weighted by Gasteiger charge is -2.38. The number of rotatable bonds is 3. The number of nitrogens with zero attached hydrogens (tertiary/aromatic N) is 4. The van der Waals surface area contributed by atoms with Crippen molar-refractivity contribution >= 4 is 11.8 Å². The van der Waals surface area contributed by atoms with Crippen molar-refractivity contribution in [2.24, 2.45) is 5.92 Å². The smallest absolute Gasteiger partial charge is 0.226 e. The molecule has 7 nitrogen and oxygen atoms in total. The Morgan fingerprint density at radius 2 is 2.00 bits per heavy atom. The fourth-order valence-electron chi connectivity index (χ4n) is 3.76. The first-order valence-corrected chi connectivity index (χ1v) is 8.89. The molecule has 4 rings (SSSR count). The minimum absolute atomic E-state index is 0.0666. The summed E-state index contributed by atoms with van der Waals surface area (Å²) < 4.78 is 7.25. The van der Waals surface area contributed by atoms with Gasteiger partial charge in [-0.25, -0.2) is 0 Å². The SMILES string of the molecule is O=C(C[C@@H]1CN(C(=O)C2CCC2)Cc2ccnn21)N1CCOCC1. The molecule has 130 valence electrons. The molecule has 0 N–H and O–H groups in total. The number of ether oxygens (including phenoxy) is 1. The Morgan fingerprint density at radius 1 is 1.21 bits per heavy atom. The molecule has 1 aromatic rings. The monoisotopic (exact) mass is 332 g/mol. The van der Waals surface area contributed by atoms with E-state index in [0.717, 1.165) is 25.0 Å². The van der Waals surface area contributed by atoms with Crippen LogP contribution in [-0.2, 0) is 20.9 Å². The Kier molecular flexibility index (Phi) is 4.26. The first kappa shape index (κ1) is 15.6. The van der Waals surface area contributed by atoms with Gasteiger partial charge in [0.25, 0.3) is 0 Å². The summed E-state index contributed by atoms with van der Waals surface area (Å²) in [6, 6.07) is 1.88. The van der Waals surface area contributed by atoms with Gasteiger partial charge in [-0.15, -0.1) is 0 Å². The zero-order valence-corrected chi connectivity index (χ0v) is 13.9. The summed E-state index contributed by atoms with van der Waals surface area (Å²) in [7, 11) is 0. The lowest BCUT2D eigenvalue weighted by molar-refractivity contribution is -0.142. The van der Waals surface area contributed by atoms with Crippen molar-refractivity contribution in [3.63, 3.8) is 0 Å².